The van der Waals surface area contributed by atoms with E-state index in [2.05, 4.69) is 79.1 Å². The minimum Gasteiger partial charge on any atom is -0.299 e. The number of nitrogens with zero attached hydrogens (tertiary/aromatic N) is 1. The summed E-state index contributed by atoms with van der Waals surface area (Å²) in [4.78, 5) is 2.50. The van der Waals surface area contributed by atoms with Gasteiger partial charge in [-0.05, 0) is 30.9 Å². The number of benzene rings is 2. The fourth-order valence-electron chi connectivity index (χ4n) is 2.52. The Morgan fingerprint density at radius 3 is 1.59 bits per heavy atom. The SMILES string of the molecule is C=C(C)CN(CCc1ccccc1)CCc1ccccc1.Cl. The summed E-state index contributed by atoms with van der Waals surface area (Å²) < 4.78 is 0. The van der Waals surface area contributed by atoms with Crippen LogP contribution in [0.15, 0.2) is 72.8 Å². The van der Waals surface area contributed by atoms with Gasteiger partial charge in [0.05, 0.1) is 0 Å². The van der Waals surface area contributed by atoms with Gasteiger partial charge < -0.3 is 0 Å². The number of hydrogen-bond acceptors (Lipinski definition) is 1. The maximum atomic E-state index is 4.06. The van der Waals surface area contributed by atoms with Gasteiger partial charge in [0.1, 0.15) is 0 Å². The second-order valence-corrected chi connectivity index (χ2v) is 5.70. The molecule has 0 saturated heterocycles. The third kappa shape index (κ3) is 6.93. The molecular weight excluding hydrogens is 290 g/mol. The van der Waals surface area contributed by atoms with Crippen molar-refractivity contribution in [1.29, 1.82) is 0 Å². The van der Waals surface area contributed by atoms with Gasteiger partial charge in [-0.25, -0.2) is 0 Å². The number of rotatable bonds is 8. The van der Waals surface area contributed by atoms with E-state index in [0.29, 0.717) is 0 Å². The molecule has 0 fully saturated rings. The van der Waals surface area contributed by atoms with Crippen LogP contribution in [0, 0.1) is 0 Å². The van der Waals surface area contributed by atoms with Crippen molar-refractivity contribution in [3.63, 3.8) is 0 Å². The van der Waals surface area contributed by atoms with Crippen molar-refractivity contribution in [1.82, 2.24) is 4.90 Å². The highest BCUT2D eigenvalue weighted by molar-refractivity contribution is 5.85. The van der Waals surface area contributed by atoms with Gasteiger partial charge in [0, 0.05) is 19.6 Å². The van der Waals surface area contributed by atoms with Crippen LogP contribution in [0.5, 0.6) is 0 Å². The quantitative estimate of drug-likeness (QED) is 0.634. The summed E-state index contributed by atoms with van der Waals surface area (Å²) in [5, 5.41) is 0. The van der Waals surface area contributed by atoms with E-state index in [1.165, 1.54) is 16.7 Å². The monoisotopic (exact) mass is 315 g/mol. The van der Waals surface area contributed by atoms with Gasteiger partial charge in [0.2, 0.25) is 0 Å². The Bertz CT molecular complexity index is 493. The second-order valence-electron chi connectivity index (χ2n) is 5.70. The Labute approximate surface area is 141 Å². The van der Waals surface area contributed by atoms with Gasteiger partial charge in [0.25, 0.3) is 0 Å². The Morgan fingerprint density at radius 1 is 0.818 bits per heavy atom. The van der Waals surface area contributed by atoms with Crippen LogP contribution in [0.3, 0.4) is 0 Å². The summed E-state index contributed by atoms with van der Waals surface area (Å²) in [7, 11) is 0. The predicted octanol–water partition coefficient (Wildman–Crippen LogP) is 4.77. The lowest BCUT2D eigenvalue weighted by atomic mass is 10.1. The van der Waals surface area contributed by atoms with Crippen LogP contribution in [0.4, 0.5) is 0 Å². The van der Waals surface area contributed by atoms with Crippen molar-refractivity contribution >= 4 is 12.4 Å². The van der Waals surface area contributed by atoms with Crippen molar-refractivity contribution in [2.75, 3.05) is 19.6 Å². The fraction of sp³-hybridized carbons (Fsp3) is 0.300. The van der Waals surface area contributed by atoms with Gasteiger partial charge in [-0.15, -0.1) is 12.4 Å². The Balaban J connectivity index is 0.00000242. The zero-order valence-electron chi connectivity index (χ0n) is 13.4. The molecule has 0 aromatic heterocycles. The van der Waals surface area contributed by atoms with Gasteiger partial charge in [0.15, 0.2) is 0 Å². The van der Waals surface area contributed by atoms with E-state index in [-0.39, 0.29) is 12.4 Å². The van der Waals surface area contributed by atoms with Crippen LogP contribution in [0.1, 0.15) is 18.1 Å². The molecule has 2 rings (SSSR count). The lowest BCUT2D eigenvalue weighted by Gasteiger charge is -2.22. The minimum atomic E-state index is 0. The van der Waals surface area contributed by atoms with E-state index in [1.54, 1.807) is 0 Å². The molecule has 22 heavy (non-hydrogen) atoms. The Hall–Kier alpha value is -1.57. The molecule has 2 aromatic rings. The smallest absolute Gasteiger partial charge is 0.0187 e. The zero-order valence-corrected chi connectivity index (χ0v) is 14.2. The van der Waals surface area contributed by atoms with Crippen LogP contribution >= 0.6 is 12.4 Å². The molecule has 0 saturated carbocycles. The summed E-state index contributed by atoms with van der Waals surface area (Å²) in [6.07, 6.45) is 2.20. The van der Waals surface area contributed by atoms with E-state index in [4.69, 9.17) is 0 Å². The summed E-state index contributed by atoms with van der Waals surface area (Å²) >= 11 is 0. The van der Waals surface area contributed by atoms with Crippen molar-refractivity contribution in [3.05, 3.63) is 83.9 Å². The zero-order chi connectivity index (χ0) is 14.9. The lowest BCUT2D eigenvalue weighted by molar-refractivity contribution is 0.304. The average Bonchev–Trinajstić information content (AvgIpc) is 2.51. The van der Waals surface area contributed by atoms with Gasteiger partial charge in [-0.3, -0.25) is 4.90 Å². The molecule has 0 aliphatic carbocycles. The molecule has 1 nitrogen and oxygen atoms in total. The molecule has 0 aliphatic rings. The molecule has 0 spiro atoms. The number of hydrogen-bond donors (Lipinski definition) is 0. The molecule has 0 aliphatic heterocycles. The topological polar surface area (TPSA) is 3.24 Å². The molecule has 2 heteroatoms. The molecule has 2 aromatic carbocycles. The van der Waals surface area contributed by atoms with Gasteiger partial charge >= 0.3 is 0 Å². The van der Waals surface area contributed by atoms with Crippen LogP contribution in [-0.2, 0) is 12.8 Å². The first-order valence-electron chi connectivity index (χ1n) is 7.68. The standard InChI is InChI=1S/C20H25N.ClH/c1-18(2)17-21(15-13-19-9-5-3-6-10-19)16-14-20-11-7-4-8-12-20;/h3-12H,1,13-17H2,2H3;1H. The van der Waals surface area contributed by atoms with E-state index >= 15 is 0 Å². The highest BCUT2D eigenvalue weighted by Crippen LogP contribution is 2.06. The first kappa shape index (κ1) is 18.5. The van der Waals surface area contributed by atoms with E-state index in [0.717, 1.165) is 32.5 Å². The van der Waals surface area contributed by atoms with Gasteiger partial charge in [-0.2, -0.15) is 0 Å². The maximum absolute atomic E-state index is 4.06. The van der Waals surface area contributed by atoms with Crippen LogP contribution in [0.2, 0.25) is 0 Å². The third-order valence-corrected chi connectivity index (χ3v) is 3.61. The first-order valence-corrected chi connectivity index (χ1v) is 7.68. The molecule has 0 radical (unpaired) electrons. The lowest BCUT2D eigenvalue weighted by Crippen LogP contribution is -2.30. The molecule has 0 unspecified atom stereocenters. The van der Waals surface area contributed by atoms with Crippen molar-refractivity contribution in [3.8, 4) is 0 Å². The Morgan fingerprint density at radius 2 is 1.23 bits per heavy atom. The molecule has 0 N–H and O–H groups in total. The molecule has 118 valence electrons. The summed E-state index contributed by atoms with van der Waals surface area (Å²) in [6.45, 7) is 9.33. The predicted molar refractivity (Wildman–Crippen MR) is 98.8 cm³/mol. The minimum absolute atomic E-state index is 0. The molecule has 0 heterocycles. The molecule has 0 bridgehead atoms. The van der Waals surface area contributed by atoms with Crippen LogP contribution in [-0.4, -0.2) is 24.5 Å². The summed E-state index contributed by atoms with van der Waals surface area (Å²) in [5.74, 6) is 0. The van der Waals surface area contributed by atoms with E-state index in [1.807, 2.05) is 0 Å². The molecular formula is C20H26ClN. The second kappa shape index (κ2) is 10.2. The summed E-state index contributed by atoms with van der Waals surface area (Å²) in [6, 6.07) is 21.4. The van der Waals surface area contributed by atoms with Crippen molar-refractivity contribution in [2.45, 2.75) is 19.8 Å². The van der Waals surface area contributed by atoms with E-state index < -0.39 is 0 Å². The first-order chi connectivity index (χ1) is 10.2. The molecule has 0 atom stereocenters. The van der Waals surface area contributed by atoms with Crippen molar-refractivity contribution < 1.29 is 0 Å². The van der Waals surface area contributed by atoms with E-state index in [9.17, 15) is 0 Å². The maximum Gasteiger partial charge on any atom is 0.0187 e. The summed E-state index contributed by atoms with van der Waals surface area (Å²) in [5.41, 5.74) is 4.05. The van der Waals surface area contributed by atoms with Gasteiger partial charge in [-0.1, -0.05) is 72.8 Å². The highest BCUT2D eigenvalue weighted by Gasteiger charge is 2.06. The normalized spacial score (nSPS) is 10.3. The highest BCUT2D eigenvalue weighted by atomic mass is 35.5. The molecule has 0 amide bonds. The average molecular weight is 316 g/mol. The largest absolute Gasteiger partial charge is 0.299 e. The Kier molecular flexibility index (Phi) is 8.57. The third-order valence-electron chi connectivity index (χ3n) is 3.61. The van der Waals surface area contributed by atoms with Crippen LogP contribution in [0.25, 0.3) is 0 Å². The van der Waals surface area contributed by atoms with Crippen molar-refractivity contribution in [2.24, 2.45) is 0 Å². The number of halogens is 1. The fourth-order valence-corrected chi connectivity index (χ4v) is 2.52. The van der Waals surface area contributed by atoms with Crippen LogP contribution < -0.4 is 0 Å².